The molecule has 1 N–H and O–H groups in total. The van der Waals surface area contributed by atoms with Gasteiger partial charge < -0.3 is 4.90 Å². The number of rotatable bonds is 8. The maximum absolute atomic E-state index is 8.64. The number of piperazine rings is 1. The largest absolute Gasteiger partial charge is 0.358 e. The molecule has 0 bridgehead atoms. The standard InChI is InChI=1S/C26H34ClI2N5/c1-3-4-14-34-25(29-19-31-34)20-10-12-26(2,13-11-20)33-17-15-32(16-18-33)24(30)9-8-21-22(27)6-5-7-23(21)28/h5-7,10-12,19,30H,3-4,8-9,13-18H2,1-2H3. The second kappa shape index (κ2) is 12.0. The molecule has 0 spiro atoms. The summed E-state index contributed by atoms with van der Waals surface area (Å²) in [5, 5.41) is 16.3. The van der Waals surface area contributed by atoms with Crippen molar-refractivity contribution in [2.75, 3.05) is 32.7 Å². The van der Waals surface area contributed by atoms with Crippen LogP contribution in [0.2, 0.25) is 5.02 Å². The summed E-state index contributed by atoms with van der Waals surface area (Å²) in [6.45, 7) is 9.45. The van der Waals surface area contributed by atoms with Crippen LogP contribution in [-0.4, -0.2) is 66.8 Å². The average Bonchev–Trinajstić information content (AvgIpc) is 3.31. The molecule has 1 unspecified atom stereocenters. The van der Waals surface area contributed by atoms with Gasteiger partial charge >= 0.3 is 0 Å². The van der Waals surface area contributed by atoms with Crippen molar-refractivity contribution >= 4 is 68.6 Å². The minimum Gasteiger partial charge on any atom is -0.358 e. The molecular formula is C26H34ClI2N5. The molecule has 0 radical (unpaired) electrons. The lowest BCUT2D eigenvalue weighted by Crippen LogP contribution is -2.56. The highest BCUT2D eigenvalue weighted by Crippen LogP contribution is 2.31. The van der Waals surface area contributed by atoms with E-state index in [0.29, 0.717) is 0 Å². The van der Waals surface area contributed by atoms with Crippen LogP contribution in [0.5, 0.6) is 0 Å². The van der Waals surface area contributed by atoms with E-state index in [-0.39, 0.29) is 26.3 Å². The van der Waals surface area contributed by atoms with Crippen molar-refractivity contribution in [1.82, 2.24) is 14.8 Å². The molecule has 1 aromatic carbocycles. The molecule has 0 amide bonds. The third kappa shape index (κ3) is 6.13. The van der Waals surface area contributed by atoms with Gasteiger partial charge in [0.15, 0.2) is 0 Å². The van der Waals surface area contributed by atoms with Gasteiger partial charge in [0.2, 0.25) is 0 Å². The minimum atomic E-state index is -0.114. The lowest BCUT2D eigenvalue weighted by Gasteiger charge is -2.46. The summed E-state index contributed by atoms with van der Waals surface area (Å²) in [5.41, 5.74) is 2.60. The van der Waals surface area contributed by atoms with E-state index >= 15 is 0 Å². The molecule has 1 fully saturated rings. The molecule has 1 saturated heterocycles. The fraction of sp³-hybridized carbons (Fsp3) is 0.500. The molecule has 4 rings (SSSR count). The lowest BCUT2D eigenvalue weighted by atomic mass is 9.88. The minimum absolute atomic E-state index is 0.0536. The van der Waals surface area contributed by atoms with Crippen molar-refractivity contribution < 1.29 is 0 Å². The fourth-order valence-corrected chi connectivity index (χ4v) is 8.01. The van der Waals surface area contributed by atoms with Gasteiger partial charge in [0, 0.05) is 58.8 Å². The Hall–Kier alpha value is -0.780. The van der Waals surface area contributed by atoms with Gasteiger partial charge in [0.25, 0.3) is 0 Å². The van der Waals surface area contributed by atoms with Crippen LogP contribution in [0, 0.1) is 8.98 Å². The van der Waals surface area contributed by atoms with E-state index in [1.54, 1.807) is 0 Å². The fourth-order valence-electron chi connectivity index (χ4n) is 4.67. The molecular weight excluding hydrogens is 672 g/mol. The lowest BCUT2D eigenvalue weighted by molar-refractivity contribution is 0.0946. The van der Waals surface area contributed by atoms with Gasteiger partial charge in [0.1, 0.15) is 3.63 Å². The molecule has 0 aromatic heterocycles. The van der Waals surface area contributed by atoms with Crippen molar-refractivity contribution in [1.29, 1.82) is 5.41 Å². The molecule has 1 atom stereocenters. The SMILES string of the molecule is CCCCN1N=CI=C1C1=CCC(C)(N2CCN(C(=N)CCc3c(Cl)cccc3I)CC2)C=C1. The van der Waals surface area contributed by atoms with Crippen molar-refractivity contribution in [2.45, 2.75) is 51.5 Å². The zero-order chi connectivity index (χ0) is 24.1. The molecule has 3 aliphatic rings. The maximum Gasteiger partial charge on any atom is 0.100 e. The molecule has 34 heavy (non-hydrogen) atoms. The Morgan fingerprint density at radius 2 is 2.06 bits per heavy atom. The van der Waals surface area contributed by atoms with Crippen LogP contribution >= 0.6 is 54.9 Å². The third-order valence-corrected chi connectivity index (χ3v) is 10.6. The first-order valence-electron chi connectivity index (χ1n) is 12.1. The average molecular weight is 706 g/mol. The second-order valence-corrected chi connectivity index (χ2v) is 13.0. The molecule has 0 saturated carbocycles. The van der Waals surface area contributed by atoms with Gasteiger partial charge in [-0.15, -0.1) is 0 Å². The topological polar surface area (TPSA) is 45.9 Å². The number of nitrogens with zero attached hydrogens (tertiary/aromatic N) is 4. The van der Waals surface area contributed by atoms with Crippen molar-refractivity contribution in [3.63, 3.8) is 0 Å². The Bertz CT molecular complexity index is 1010. The van der Waals surface area contributed by atoms with Crippen LogP contribution in [0.15, 0.2) is 47.1 Å². The number of unbranched alkanes of at least 4 members (excludes halogenated alkanes) is 1. The Morgan fingerprint density at radius 1 is 1.26 bits per heavy atom. The first-order chi connectivity index (χ1) is 16.4. The highest BCUT2D eigenvalue weighted by atomic mass is 127. The van der Waals surface area contributed by atoms with E-state index in [2.05, 4.69) is 84.9 Å². The van der Waals surface area contributed by atoms with Crippen LogP contribution in [0.1, 0.15) is 45.1 Å². The summed E-state index contributed by atoms with van der Waals surface area (Å²) in [7, 11) is 0. The van der Waals surface area contributed by atoms with Gasteiger partial charge in [-0.05, 0) is 87.2 Å². The molecule has 1 aromatic rings. The van der Waals surface area contributed by atoms with Gasteiger partial charge in [-0.25, -0.2) is 0 Å². The van der Waals surface area contributed by atoms with E-state index in [0.717, 1.165) is 68.4 Å². The summed E-state index contributed by atoms with van der Waals surface area (Å²) in [6, 6.07) is 6.02. The molecule has 1 aliphatic carbocycles. The highest BCUT2D eigenvalue weighted by molar-refractivity contribution is 14.2. The predicted molar refractivity (Wildman–Crippen MR) is 163 cm³/mol. The quantitative estimate of drug-likeness (QED) is 0.197. The van der Waals surface area contributed by atoms with Crippen LogP contribution in [0.25, 0.3) is 0 Å². The van der Waals surface area contributed by atoms with Crippen LogP contribution in [0.4, 0.5) is 0 Å². The molecule has 8 heteroatoms. The Balaban J connectivity index is 1.28. The van der Waals surface area contributed by atoms with Crippen molar-refractivity contribution in [2.24, 2.45) is 5.10 Å². The monoisotopic (exact) mass is 705 g/mol. The highest BCUT2D eigenvalue weighted by Gasteiger charge is 2.34. The third-order valence-electron chi connectivity index (χ3n) is 6.94. The molecule has 2 heterocycles. The van der Waals surface area contributed by atoms with E-state index in [1.807, 2.05) is 12.1 Å². The Kier molecular flexibility index (Phi) is 9.26. The number of hydrogen-bond acceptors (Lipinski definition) is 4. The van der Waals surface area contributed by atoms with Crippen LogP contribution < -0.4 is 0 Å². The number of amidine groups is 1. The molecule has 5 nitrogen and oxygen atoms in total. The van der Waals surface area contributed by atoms with Gasteiger partial charge in [-0.3, -0.25) is 15.3 Å². The van der Waals surface area contributed by atoms with E-state index in [4.69, 9.17) is 17.0 Å². The van der Waals surface area contributed by atoms with Crippen LogP contribution in [-0.2, 0) is 6.42 Å². The summed E-state index contributed by atoms with van der Waals surface area (Å²) in [6.07, 6.45) is 12.2. The second-order valence-electron chi connectivity index (χ2n) is 9.26. The number of halogens is 3. The summed E-state index contributed by atoms with van der Waals surface area (Å²) >= 11 is 8.61. The first kappa shape index (κ1) is 26.3. The van der Waals surface area contributed by atoms with Gasteiger partial charge in [-0.2, -0.15) is 5.10 Å². The Morgan fingerprint density at radius 3 is 2.74 bits per heavy atom. The van der Waals surface area contributed by atoms with E-state index in [1.165, 1.54) is 25.6 Å². The zero-order valence-corrected chi connectivity index (χ0v) is 25.1. The first-order valence-corrected chi connectivity index (χ1v) is 15.9. The van der Waals surface area contributed by atoms with Crippen LogP contribution in [0.3, 0.4) is 0 Å². The summed E-state index contributed by atoms with van der Waals surface area (Å²) < 4.78 is 4.79. The van der Waals surface area contributed by atoms with E-state index in [9.17, 15) is 0 Å². The number of benzene rings is 1. The zero-order valence-electron chi connectivity index (χ0n) is 20.0. The maximum atomic E-state index is 8.64. The molecule has 184 valence electrons. The Labute approximate surface area is 232 Å². The number of nitrogens with one attached hydrogen (secondary N) is 1. The van der Waals surface area contributed by atoms with Crippen molar-refractivity contribution in [3.05, 3.63) is 56.2 Å². The normalized spacial score (nSPS) is 23.1. The summed E-state index contributed by atoms with van der Waals surface area (Å²) in [4.78, 5) is 4.84. The number of hydrazone groups is 1. The summed E-state index contributed by atoms with van der Waals surface area (Å²) in [5.74, 6) is 0.732. The number of hydrogen-bond donors (Lipinski definition) is 1. The van der Waals surface area contributed by atoms with E-state index < -0.39 is 0 Å². The molecule has 2 aliphatic heterocycles. The predicted octanol–water partition coefficient (Wildman–Crippen LogP) is 6.28. The van der Waals surface area contributed by atoms with Gasteiger partial charge in [0.05, 0.1) is 10.1 Å². The van der Waals surface area contributed by atoms with Crippen molar-refractivity contribution in [3.8, 4) is 0 Å². The van der Waals surface area contributed by atoms with Gasteiger partial charge in [-0.1, -0.05) is 49.2 Å². The smallest absolute Gasteiger partial charge is 0.100 e.